The van der Waals surface area contributed by atoms with Crippen molar-refractivity contribution < 1.29 is 0 Å². The van der Waals surface area contributed by atoms with Gasteiger partial charge in [-0.1, -0.05) is 6.92 Å². The van der Waals surface area contributed by atoms with E-state index in [2.05, 4.69) is 54.9 Å². The van der Waals surface area contributed by atoms with Crippen LogP contribution in [-0.2, 0) is 6.42 Å². The van der Waals surface area contributed by atoms with Crippen molar-refractivity contribution >= 4 is 11.3 Å². The highest BCUT2D eigenvalue weighted by molar-refractivity contribution is 7.07. The van der Waals surface area contributed by atoms with Gasteiger partial charge in [-0.2, -0.15) is 11.3 Å². The predicted octanol–water partition coefficient (Wildman–Crippen LogP) is 3.00. The lowest BCUT2D eigenvalue weighted by molar-refractivity contribution is 0.0550. The molecule has 1 aliphatic heterocycles. The Bertz CT molecular complexity index is 349. The zero-order valence-corrected chi connectivity index (χ0v) is 12.8. The van der Waals surface area contributed by atoms with Crippen LogP contribution in [0.15, 0.2) is 16.8 Å². The Hall–Kier alpha value is -0.380. The van der Waals surface area contributed by atoms with E-state index in [9.17, 15) is 0 Å². The van der Waals surface area contributed by atoms with Gasteiger partial charge in [-0.25, -0.2) is 0 Å². The number of hydrogen-bond donors (Lipinski definition) is 1. The van der Waals surface area contributed by atoms with Gasteiger partial charge >= 0.3 is 0 Å². The van der Waals surface area contributed by atoms with Gasteiger partial charge in [0.2, 0.25) is 0 Å². The van der Waals surface area contributed by atoms with Gasteiger partial charge in [0.25, 0.3) is 0 Å². The summed E-state index contributed by atoms with van der Waals surface area (Å²) in [6.07, 6.45) is 2.46. The van der Waals surface area contributed by atoms with Crippen LogP contribution >= 0.6 is 11.3 Å². The molecule has 1 saturated heterocycles. The fourth-order valence-electron chi connectivity index (χ4n) is 3.29. The first-order chi connectivity index (χ1) is 8.63. The lowest BCUT2D eigenvalue weighted by Gasteiger charge is -2.45. The molecule has 4 unspecified atom stereocenters. The van der Waals surface area contributed by atoms with Gasteiger partial charge in [0.05, 0.1) is 0 Å². The fourth-order valence-corrected chi connectivity index (χ4v) is 3.97. The molecule has 2 heterocycles. The molecular formula is C15H26N2S. The summed E-state index contributed by atoms with van der Waals surface area (Å²) in [4.78, 5) is 2.69. The molecule has 1 aromatic rings. The third-order valence-electron chi connectivity index (χ3n) is 4.67. The number of likely N-dealkylation sites (tertiary alicyclic amines) is 1. The Labute approximate surface area is 115 Å². The molecule has 0 aliphatic carbocycles. The van der Waals surface area contributed by atoms with E-state index >= 15 is 0 Å². The Morgan fingerprint density at radius 2 is 2.28 bits per heavy atom. The fraction of sp³-hybridized carbons (Fsp3) is 0.733. The summed E-state index contributed by atoms with van der Waals surface area (Å²) in [5.41, 5.74) is 1.49. The van der Waals surface area contributed by atoms with Crippen LogP contribution in [0, 0.1) is 5.92 Å². The Morgan fingerprint density at radius 3 is 2.89 bits per heavy atom. The molecule has 1 N–H and O–H groups in total. The summed E-state index contributed by atoms with van der Waals surface area (Å²) in [6, 6.07) is 4.26. The van der Waals surface area contributed by atoms with Crippen LogP contribution in [0.25, 0.3) is 0 Å². The summed E-state index contributed by atoms with van der Waals surface area (Å²) < 4.78 is 0. The van der Waals surface area contributed by atoms with Crippen molar-refractivity contribution in [3.63, 3.8) is 0 Å². The van der Waals surface area contributed by atoms with E-state index in [0.29, 0.717) is 18.1 Å². The van der Waals surface area contributed by atoms with Crippen LogP contribution in [0.4, 0.5) is 0 Å². The van der Waals surface area contributed by atoms with Crippen molar-refractivity contribution in [2.24, 2.45) is 5.92 Å². The van der Waals surface area contributed by atoms with Crippen molar-refractivity contribution in [3.05, 3.63) is 22.4 Å². The van der Waals surface area contributed by atoms with Crippen LogP contribution in [0.1, 0.15) is 32.8 Å². The molecule has 0 saturated carbocycles. The van der Waals surface area contributed by atoms with Crippen molar-refractivity contribution in [3.8, 4) is 0 Å². The third-order valence-corrected chi connectivity index (χ3v) is 5.40. The molecule has 0 spiro atoms. The number of nitrogens with zero attached hydrogens (tertiary/aromatic N) is 1. The maximum Gasteiger partial charge on any atom is 0.0117 e. The molecule has 1 aliphatic rings. The molecule has 18 heavy (non-hydrogen) atoms. The van der Waals surface area contributed by atoms with E-state index in [4.69, 9.17) is 0 Å². The summed E-state index contributed by atoms with van der Waals surface area (Å²) in [5, 5.41) is 7.93. The molecular weight excluding hydrogens is 240 g/mol. The highest BCUT2D eigenvalue weighted by Crippen LogP contribution is 2.26. The Balaban J connectivity index is 1.96. The molecule has 3 heteroatoms. The van der Waals surface area contributed by atoms with Gasteiger partial charge in [0, 0.05) is 24.7 Å². The molecule has 1 fully saturated rings. The molecule has 102 valence electrons. The zero-order chi connectivity index (χ0) is 13.1. The molecule has 4 atom stereocenters. The second-order valence-corrected chi connectivity index (χ2v) is 6.49. The first-order valence-corrected chi connectivity index (χ1v) is 8.01. The number of piperidine rings is 1. The van der Waals surface area contributed by atoms with Crippen LogP contribution in [0.2, 0.25) is 0 Å². The highest BCUT2D eigenvalue weighted by atomic mass is 32.1. The smallest absolute Gasteiger partial charge is 0.0117 e. The number of rotatable bonds is 4. The normalized spacial score (nSPS) is 31.4. The molecule has 0 aromatic carbocycles. The molecule has 0 bridgehead atoms. The molecule has 0 radical (unpaired) electrons. The summed E-state index contributed by atoms with van der Waals surface area (Å²) >= 11 is 1.81. The summed E-state index contributed by atoms with van der Waals surface area (Å²) in [5.74, 6) is 0.730. The second-order valence-electron chi connectivity index (χ2n) is 5.71. The number of nitrogens with one attached hydrogen (secondary N) is 1. The molecule has 1 aromatic heterocycles. The minimum atomic E-state index is 0.648. The second kappa shape index (κ2) is 6.18. The average molecular weight is 266 g/mol. The van der Waals surface area contributed by atoms with Crippen molar-refractivity contribution in [1.29, 1.82) is 0 Å². The topological polar surface area (TPSA) is 15.3 Å². The summed E-state index contributed by atoms with van der Waals surface area (Å²) in [6.45, 7) is 8.37. The van der Waals surface area contributed by atoms with Gasteiger partial charge in [0.1, 0.15) is 0 Å². The highest BCUT2D eigenvalue weighted by Gasteiger charge is 2.33. The van der Waals surface area contributed by atoms with Gasteiger partial charge in [0.15, 0.2) is 0 Å². The van der Waals surface area contributed by atoms with E-state index in [1.54, 1.807) is 11.3 Å². The van der Waals surface area contributed by atoms with Crippen molar-refractivity contribution in [1.82, 2.24) is 10.2 Å². The maximum absolute atomic E-state index is 3.46. The van der Waals surface area contributed by atoms with Crippen molar-refractivity contribution in [2.45, 2.75) is 51.7 Å². The van der Waals surface area contributed by atoms with Crippen molar-refractivity contribution in [2.75, 3.05) is 13.6 Å². The van der Waals surface area contributed by atoms with Gasteiger partial charge in [-0.05, 0) is 62.0 Å². The number of thiophene rings is 1. The summed E-state index contributed by atoms with van der Waals surface area (Å²) in [7, 11) is 2.10. The van der Waals surface area contributed by atoms with E-state index < -0.39 is 0 Å². The lowest BCUT2D eigenvalue weighted by atomic mass is 9.85. The van der Waals surface area contributed by atoms with E-state index in [1.807, 2.05) is 0 Å². The predicted molar refractivity (Wildman–Crippen MR) is 80.3 cm³/mol. The number of hydrogen-bond acceptors (Lipinski definition) is 3. The first kappa shape index (κ1) is 14.0. The quantitative estimate of drug-likeness (QED) is 0.901. The third kappa shape index (κ3) is 2.95. The van der Waals surface area contributed by atoms with Gasteiger partial charge < -0.3 is 5.32 Å². The van der Waals surface area contributed by atoms with Crippen LogP contribution in [0.5, 0.6) is 0 Å². The Morgan fingerprint density at radius 1 is 1.50 bits per heavy atom. The molecule has 2 nitrogen and oxygen atoms in total. The maximum atomic E-state index is 3.46. The molecule has 2 rings (SSSR count). The monoisotopic (exact) mass is 266 g/mol. The largest absolute Gasteiger partial charge is 0.317 e. The van der Waals surface area contributed by atoms with Gasteiger partial charge in [-0.15, -0.1) is 0 Å². The first-order valence-electron chi connectivity index (χ1n) is 7.07. The van der Waals surface area contributed by atoms with Crippen LogP contribution in [-0.4, -0.2) is 36.6 Å². The zero-order valence-electron chi connectivity index (χ0n) is 12.0. The minimum absolute atomic E-state index is 0.648. The Kier molecular flexibility index (Phi) is 4.82. The van der Waals surface area contributed by atoms with Crippen LogP contribution < -0.4 is 5.32 Å². The average Bonchev–Trinajstić information content (AvgIpc) is 2.85. The standard InChI is InChI=1S/C15H26N2S/c1-11(9-14-6-8-18-10-14)17-7-5-15(16-4)12(2)13(17)3/h6,8,10-13,15-16H,5,7,9H2,1-4H3. The minimum Gasteiger partial charge on any atom is -0.317 e. The van der Waals surface area contributed by atoms with Gasteiger partial charge in [-0.3, -0.25) is 4.90 Å². The van der Waals surface area contributed by atoms with E-state index in [-0.39, 0.29) is 0 Å². The SMILES string of the molecule is CNC1CCN(C(C)Cc2ccsc2)C(C)C1C. The van der Waals surface area contributed by atoms with E-state index in [1.165, 1.54) is 24.9 Å². The van der Waals surface area contributed by atoms with E-state index in [0.717, 1.165) is 5.92 Å². The van der Waals surface area contributed by atoms with Crippen LogP contribution in [0.3, 0.4) is 0 Å². The molecule has 0 amide bonds. The lowest BCUT2D eigenvalue weighted by Crippen LogP contribution is -2.55.